The van der Waals surface area contributed by atoms with Gasteiger partial charge in [-0.1, -0.05) is 0 Å². The van der Waals surface area contributed by atoms with E-state index in [-0.39, 0.29) is 6.54 Å². The molecular weight excluding hydrogens is 270 g/mol. The Labute approximate surface area is 111 Å². The number of aliphatic carboxylic acids is 1. The maximum atomic E-state index is 11.5. The standard InChI is InChI=1S/C11H11N3O4S/c15-8(10(16)17)4-12-11(18)14-6-1-2-7-9(3-6)19-5-13-7/h1-3,5,8,15H,4H2,(H,16,17)(H2,12,14,18)/t8-/m0/s1. The zero-order chi connectivity index (χ0) is 13.8. The number of hydrogen-bond acceptors (Lipinski definition) is 5. The van der Waals surface area contributed by atoms with E-state index in [1.165, 1.54) is 11.3 Å². The number of rotatable bonds is 4. The summed E-state index contributed by atoms with van der Waals surface area (Å²) >= 11 is 1.45. The molecule has 7 nitrogen and oxygen atoms in total. The van der Waals surface area contributed by atoms with Crippen molar-refractivity contribution < 1.29 is 19.8 Å². The van der Waals surface area contributed by atoms with Crippen molar-refractivity contribution in [3.63, 3.8) is 0 Å². The molecule has 0 aliphatic heterocycles. The van der Waals surface area contributed by atoms with Gasteiger partial charge in [0.05, 0.1) is 22.3 Å². The van der Waals surface area contributed by atoms with Crippen LogP contribution in [0.1, 0.15) is 0 Å². The maximum Gasteiger partial charge on any atom is 0.334 e. The molecular formula is C11H11N3O4S. The van der Waals surface area contributed by atoms with Gasteiger partial charge in [-0.15, -0.1) is 11.3 Å². The van der Waals surface area contributed by atoms with Crippen LogP contribution in [0.15, 0.2) is 23.7 Å². The summed E-state index contributed by atoms with van der Waals surface area (Å²) < 4.78 is 0.934. The van der Waals surface area contributed by atoms with Gasteiger partial charge in [-0.25, -0.2) is 14.6 Å². The SMILES string of the molecule is O=C(NC[C@H](O)C(=O)O)Nc1ccc2ncsc2c1. The van der Waals surface area contributed by atoms with Crippen molar-refractivity contribution in [1.82, 2.24) is 10.3 Å². The quantitative estimate of drug-likeness (QED) is 0.664. The number of anilines is 1. The molecule has 0 aliphatic rings. The minimum Gasteiger partial charge on any atom is -0.479 e. The molecule has 0 unspecified atom stereocenters. The third-order valence-electron chi connectivity index (χ3n) is 2.33. The average molecular weight is 281 g/mol. The molecule has 0 bridgehead atoms. The number of amides is 2. The third-order valence-corrected chi connectivity index (χ3v) is 3.12. The van der Waals surface area contributed by atoms with Crippen LogP contribution < -0.4 is 10.6 Å². The first kappa shape index (κ1) is 13.2. The van der Waals surface area contributed by atoms with Gasteiger partial charge in [0.1, 0.15) is 0 Å². The summed E-state index contributed by atoms with van der Waals surface area (Å²) in [4.78, 5) is 25.9. The molecule has 0 spiro atoms. The van der Waals surface area contributed by atoms with Gasteiger partial charge in [0, 0.05) is 5.69 Å². The number of aromatic nitrogens is 1. The molecule has 1 heterocycles. The van der Waals surface area contributed by atoms with Crippen LogP contribution in [0, 0.1) is 0 Å². The lowest BCUT2D eigenvalue weighted by molar-refractivity contribution is -0.146. The minimum absolute atomic E-state index is 0.357. The van der Waals surface area contributed by atoms with Crippen molar-refractivity contribution in [1.29, 1.82) is 0 Å². The van der Waals surface area contributed by atoms with Crippen LogP contribution in [-0.4, -0.2) is 39.8 Å². The van der Waals surface area contributed by atoms with E-state index in [0.29, 0.717) is 5.69 Å². The molecule has 0 fully saturated rings. The normalized spacial score (nSPS) is 12.1. The number of fused-ring (bicyclic) bond motifs is 1. The molecule has 19 heavy (non-hydrogen) atoms. The van der Waals surface area contributed by atoms with E-state index < -0.39 is 18.1 Å². The molecule has 0 saturated carbocycles. The molecule has 2 amide bonds. The Morgan fingerprint density at radius 3 is 2.95 bits per heavy atom. The Morgan fingerprint density at radius 2 is 2.21 bits per heavy atom. The number of carbonyl (C=O) groups excluding carboxylic acids is 1. The second-order valence-corrected chi connectivity index (χ2v) is 4.61. The van der Waals surface area contributed by atoms with E-state index >= 15 is 0 Å². The molecule has 0 radical (unpaired) electrons. The first-order chi connectivity index (χ1) is 9.06. The molecule has 0 aliphatic carbocycles. The fourth-order valence-electron chi connectivity index (χ4n) is 1.38. The Kier molecular flexibility index (Phi) is 3.93. The Hall–Kier alpha value is -2.19. The second kappa shape index (κ2) is 5.63. The number of nitrogens with zero attached hydrogens (tertiary/aromatic N) is 1. The van der Waals surface area contributed by atoms with Gasteiger partial charge in [-0.3, -0.25) is 0 Å². The third kappa shape index (κ3) is 3.39. The minimum atomic E-state index is -1.62. The number of nitrogens with one attached hydrogen (secondary N) is 2. The Balaban J connectivity index is 1.93. The van der Waals surface area contributed by atoms with Gasteiger partial charge < -0.3 is 20.8 Å². The van der Waals surface area contributed by atoms with Crippen molar-refractivity contribution in [3.8, 4) is 0 Å². The number of carbonyl (C=O) groups is 2. The molecule has 2 aromatic rings. The number of hydrogen-bond donors (Lipinski definition) is 4. The molecule has 0 saturated heterocycles. The van der Waals surface area contributed by atoms with E-state index in [9.17, 15) is 9.59 Å². The number of urea groups is 1. The van der Waals surface area contributed by atoms with E-state index in [1.807, 2.05) is 0 Å². The fraction of sp³-hybridized carbons (Fsp3) is 0.182. The summed E-state index contributed by atoms with van der Waals surface area (Å²) in [6.45, 7) is -0.357. The van der Waals surface area contributed by atoms with Crippen LogP contribution >= 0.6 is 11.3 Å². The summed E-state index contributed by atoms with van der Waals surface area (Å²) in [7, 11) is 0. The number of carboxylic acid groups (broad SMARTS) is 1. The molecule has 1 aromatic carbocycles. The largest absolute Gasteiger partial charge is 0.479 e. The first-order valence-corrected chi connectivity index (χ1v) is 6.23. The zero-order valence-corrected chi connectivity index (χ0v) is 10.5. The van der Waals surface area contributed by atoms with E-state index in [1.54, 1.807) is 23.7 Å². The van der Waals surface area contributed by atoms with Crippen molar-refractivity contribution >= 4 is 39.2 Å². The maximum absolute atomic E-state index is 11.5. The van der Waals surface area contributed by atoms with Crippen molar-refractivity contribution in [2.24, 2.45) is 0 Å². The van der Waals surface area contributed by atoms with E-state index in [0.717, 1.165) is 10.2 Å². The van der Waals surface area contributed by atoms with Crippen LogP contribution in [0.2, 0.25) is 0 Å². The van der Waals surface area contributed by atoms with Crippen molar-refractivity contribution in [2.75, 3.05) is 11.9 Å². The van der Waals surface area contributed by atoms with Gasteiger partial charge in [-0.2, -0.15) is 0 Å². The average Bonchev–Trinajstić information content (AvgIpc) is 2.83. The lowest BCUT2D eigenvalue weighted by Gasteiger charge is -2.09. The summed E-state index contributed by atoms with van der Waals surface area (Å²) in [5, 5.41) is 22.3. The lowest BCUT2D eigenvalue weighted by atomic mass is 10.3. The number of benzene rings is 1. The van der Waals surface area contributed by atoms with Crippen molar-refractivity contribution in [3.05, 3.63) is 23.7 Å². The molecule has 2 rings (SSSR count). The second-order valence-electron chi connectivity index (χ2n) is 3.72. The van der Waals surface area contributed by atoms with Crippen molar-refractivity contribution in [2.45, 2.75) is 6.10 Å². The van der Waals surface area contributed by atoms with E-state index in [2.05, 4.69) is 15.6 Å². The highest BCUT2D eigenvalue weighted by atomic mass is 32.1. The molecule has 1 atom stereocenters. The summed E-state index contributed by atoms with van der Waals surface area (Å²) in [6.07, 6.45) is -1.62. The fourth-order valence-corrected chi connectivity index (χ4v) is 2.10. The zero-order valence-electron chi connectivity index (χ0n) is 9.66. The molecule has 1 aromatic heterocycles. The summed E-state index contributed by atoms with van der Waals surface area (Å²) in [5.41, 5.74) is 3.12. The van der Waals surface area contributed by atoms with Gasteiger partial charge >= 0.3 is 12.0 Å². The van der Waals surface area contributed by atoms with Gasteiger partial charge in [-0.05, 0) is 18.2 Å². The van der Waals surface area contributed by atoms with Crippen LogP contribution in [0.4, 0.5) is 10.5 Å². The highest BCUT2D eigenvalue weighted by molar-refractivity contribution is 7.16. The highest BCUT2D eigenvalue weighted by Gasteiger charge is 2.14. The monoisotopic (exact) mass is 281 g/mol. The Bertz CT molecular complexity index is 613. The lowest BCUT2D eigenvalue weighted by Crippen LogP contribution is -2.38. The van der Waals surface area contributed by atoms with Gasteiger partial charge in [0.25, 0.3) is 0 Å². The van der Waals surface area contributed by atoms with Crippen LogP contribution in [0.25, 0.3) is 10.2 Å². The number of aliphatic hydroxyl groups is 1. The van der Waals surface area contributed by atoms with Crippen LogP contribution in [-0.2, 0) is 4.79 Å². The predicted molar refractivity (Wildman–Crippen MR) is 70.3 cm³/mol. The topological polar surface area (TPSA) is 112 Å². The van der Waals surface area contributed by atoms with Gasteiger partial charge in [0.2, 0.25) is 0 Å². The smallest absolute Gasteiger partial charge is 0.334 e. The molecule has 8 heteroatoms. The molecule has 4 N–H and O–H groups in total. The molecule has 100 valence electrons. The Morgan fingerprint density at radius 1 is 1.42 bits per heavy atom. The predicted octanol–water partition coefficient (Wildman–Crippen LogP) is 0.863. The van der Waals surface area contributed by atoms with Crippen LogP contribution in [0.5, 0.6) is 0 Å². The summed E-state index contributed by atoms with van der Waals surface area (Å²) in [5.74, 6) is -1.38. The number of aliphatic hydroxyl groups excluding tert-OH is 1. The number of thiazole rings is 1. The van der Waals surface area contributed by atoms with Gasteiger partial charge in [0.15, 0.2) is 6.10 Å². The van der Waals surface area contributed by atoms with Crippen LogP contribution in [0.3, 0.4) is 0 Å². The van der Waals surface area contributed by atoms with E-state index in [4.69, 9.17) is 10.2 Å². The number of carboxylic acids is 1. The first-order valence-electron chi connectivity index (χ1n) is 5.35. The highest BCUT2D eigenvalue weighted by Crippen LogP contribution is 2.21. The summed E-state index contributed by atoms with van der Waals surface area (Å²) in [6, 6.07) is 4.65.